The van der Waals surface area contributed by atoms with Gasteiger partial charge in [-0.15, -0.1) is 0 Å². The van der Waals surface area contributed by atoms with Gasteiger partial charge in [-0.3, -0.25) is 4.79 Å². The molecule has 3 heteroatoms. The lowest BCUT2D eigenvalue weighted by Crippen LogP contribution is -2.37. The average molecular weight is 268 g/mol. The van der Waals surface area contributed by atoms with E-state index in [2.05, 4.69) is 33.0 Å². The molecule has 0 aromatic heterocycles. The highest BCUT2D eigenvalue weighted by atomic mass is 16.1. The number of nitrogens with one attached hydrogen (secondary N) is 1. The molecule has 0 radical (unpaired) electrons. The Kier molecular flexibility index (Phi) is 6.31. The van der Waals surface area contributed by atoms with Crippen LogP contribution in [-0.4, -0.2) is 18.5 Å². The maximum atomic E-state index is 12.0. The van der Waals surface area contributed by atoms with Crippen LogP contribution in [-0.2, 0) is 4.79 Å². The van der Waals surface area contributed by atoms with Crippen LogP contribution < -0.4 is 11.1 Å². The summed E-state index contributed by atoms with van der Waals surface area (Å²) < 4.78 is 0. The Morgan fingerprint density at radius 1 is 1.32 bits per heavy atom. The Balaban J connectivity index is 2.35. The third-order valence-electron chi connectivity index (χ3n) is 4.67. The zero-order chi connectivity index (χ0) is 14.5. The summed E-state index contributed by atoms with van der Waals surface area (Å²) in [6, 6.07) is 0.412. The van der Waals surface area contributed by atoms with Gasteiger partial charge in [0, 0.05) is 12.5 Å². The van der Waals surface area contributed by atoms with E-state index in [1.54, 1.807) is 0 Å². The standard InChI is InChI=1S/C16H32N2O/c1-12-6-5-7-14(12)18-15(19)9-8-13(10-11-17)16(2,3)4/h12-14H,5-11,17H2,1-4H3,(H,18,19). The average Bonchev–Trinajstić information content (AvgIpc) is 2.69. The van der Waals surface area contributed by atoms with E-state index in [4.69, 9.17) is 5.73 Å². The first-order valence-corrected chi connectivity index (χ1v) is 7.84. The molecule has 19 heavy (non-hydrogen) atoms. The number of hydrogen-bond acceptors (Lipinski definition) is 2. The lowest BCUT2D eigenvalue weighted by Gasteiger charge is -2.30. The second-order valence-electron chi connectivity index (χ2n) is 7.26. The normalized spacial score (nSPS) is 25.3. The van der Waals surface area contributed by atoms with Crippen molar-refractivity contribution < 1.29 is 4.79 Å². The van der Waals surface area contributed by atoms with Crippen molar-refractivity contribution in [2.45, 2.75) is 72.3 Å². The highest BCUT2D eigenvalue weighted by molar-refractivity contribution is 5.76. The second-order valence-corrected chi connectivity index (χ2v) is 7.26. The highest BCUT2D eigenvalue weighted by Gasteiger charge is 2.27. The Morgan fingerprint density at radius 2 is 2.00 bits per heavy atom. The van der Waals surface area contributed by atoms with Crippen LogP contribution in [0.4, 0.5) is 0 Å². The van der Waals surface area contributed by atoms with Gasteiger partial charge in [-0.2, -0.15) is 0 Å². The fraction of sp³-hybridized carbons (Fsp3) is 0.938. The summed E-state index contributed by atoms with van der Waals surface area (Å²) in [5.41, 5.74) is 5.92. The monoisotopic (exact) mass is 268 g/mol. The van der Waals surface area contributed by atoms with Gasteiger partial charge < -0.3 is 11.1 Å². The molecule has 1 aliphatic rings. The van der Waals surface area contributed by atoms with Crippen molar-refractivity contribution in [3.8, 4) is 0 Å². The third kappa shape index (κ3) is 5.52. The number of carbonyl (C=O) groups excluding carboxylic acids is 1. The summed E-state index contributed by atoms with van der Waals surface area (Å²) in [5.74, 6) is 1.40. The summed E-state index contributed by atoms with van der Waals surface area (Å²) in [7, 11) is 0. The molecule has 0 bridgehead atoms. The van der Waals surface area contributed by atoms with Gasteiger partial charge in [0.1, 0.15) is 0 Å². The molecule has 112 valence electrons. The maximum absolute atomic E-state index is 12.0. The van der Waals surface area contributed by atoms with Gasteiger partial charge >= 0.3 is 0 Å². The van der Waals surface area contributed by atoms with Crippen LogP contribution in [0.25, 0.3) is 0 Å². The molecule has 1 aliphatic carbocycles. The van der Waals surface area contributed by atoms with Gasteiger partial charge in [0.05, 0.1) is 0 Å². The number of nitrogens with two attached hydrogens (primary N) is 1. The smallest absolute Gasteiger partial charge is 0.220 e. The van der Waals surface area contributed by atoms with Gasteiger partial charge in [0.15, 0.2) is 0 Å². The molecule has 0 aromatic carbocycles. The van der Waals surface area contributed by atoms with Crippen LogP contribution in [0.5, 0.6) is 0 Å². The van der Waals surface area contributed by atoms with E-state index in [-0.39, 0.29) is 11.3 Å². The minimum absolute atomic E-state index is 0.227. The van der Waals surface area contributed by atoms with Crippen molar-refractivity contribution in [1.29, 1.82) is 0 Å². The van der Waals surface area contributed by atoms with E-state index in [1.165, 1.54) is 12.8 Å². The zero-order valence-electron chi connectivity index (χ0n) is 13.2. The number of carbonyl (C=O) groups is 1. The molecule has 0 aromatic rings. The first kappa shape index (κ1) is 16.5. The van der Waals surface area contributed by atoms with Gasteiger partial charge in [0.25, 0.3) is 0 Å². The van der Waals surface area contributed by atoms with Crippen molar-refractivity contribution in [3.05, 3.63) is 0 Å². The van der Waals surface area contributed by atoms with Crippen LogP contribution in [0, 0.1) is 17.3 Å². The molecule has 0 spiro atoms. The summed E-state index contributed by atoms with van der Waals surface area (Å²) in [5, 5.41) is 3.21. The first-order valence-electron chi connectivity index (χ1n) is 7.84. The molecular formula is C16H32N2O. The maximum Gasteiger partial charge on any atom is 0.220 e. The Bertz CT molecular complexity index is 283. The summed E-state index contributed by atoms with van der Waals surface area (Å²) >= 11 is 0. The molecule has 3 unspecified atom stereocenters. The fourth-order valence-electron chi connectivity index (χ4n) is 3.16. The number of rotatable bonds is 6. The van der Waals surface area contributed by atoms with Crippen LogP contribution >= 0.6 is 0 Å². The van der Waals surface area contributed by atoms with Crippen LogP contribution in [0.3, 0.4) is 0 Å². The molecule has 0 aliphatic heterocycles. The topological polar surface area (TPSA) is 55.1 Å². The molecule has 1 rings (SSSR count). The number of hydrogen-bond donors (Lipinski definition) is 2. The van der Waals surface area contributed by atoms with E-state index >= 15 is 0 Å². The lowest BCUT2D eigenvalue weighted by molar-refractivity contribution is -0.122. The predicted molar refractivity (Wildman–Crippen MR) is 80.8 cm³/mol. The molecule has 3 atom stereocenters. The van der Waals surface area contributed by atoms with E-state index < -0.39 is 0 Å². The number of amides is 1. The van der Waals surface area contributed by atoms with Crippen LogP contribution in [0.1, 0.15) is 66.2 Å². The summed E-state index contributed by atoms with van der Waals surface area (Å²) in [6.07, 6.45) is 6.26. The minimum atomic E-state index is 0.227. The van der Waals surface area contributed by atoms with Crippen molar-refractivity contribution in [3.63, 3.8) is 0 Å². The van der Waals surface area contributed by atoms with Crippen molar-refractivity contribution in [1.82, 2.24) is 5.32 Å². The van der Waals surface area contributed by atoms with Crippen LogP contribution in [0.2, 0.25) is 0 Å². The van der Waals surface area contributed by atoms with Gasteiger partial charge in [-0.25, -0.2) is 0 Å². The van der Waals surface area contributed by atoms with Crippen molar-refractivity contribution in [2.75, 3.05) is 6.54 Å². The molecule has 0 saturated heterocycles. The van der Waals surface area contributed by atoms with Gasteiger partial charge in [-0.05, 0) is 49.5 Å². The van der Waals surface area contributed by atoms with Crippen molar-refractivity contribution >= 4 is 5.91 Å². The molecule has 1 fully saturated rings. The molecule has 1 amide bonds. The van der Waals surface area contributed by atoms with E-state index in [0.717, 1.165) is 19.3 Å². The fourth-order valence-corrected chi connectivity index (χ4v) is 3.16. The second kappa shape index (κ2) is 7.28. The molecule has 1 saturated carbocycles. The largest absolute Gasteiger partial charge is 0.353 e. The zero-order valence-corrected chi connectivity index (χ0v) is 13.2. The first-order chi connectivity index (χ1) is 8.84. The SMILES string of the molecule is CC1CCCC1NC(=O)CCC(CCN)C(C)(C)C. The van der Waals surface area contributed by atoms with E-state index in [9.17, 15) is 4.79 Å². The molecular weight excluding hydrogens is 236 g/mol. The predicted octanol–water partition coefficient (Wildman–Crippen LogP) is 3.08. The summed E-state index contributed by atoms with van der Waals surface area (Å²) in [4.78, 5) is 12.0. The summed E-state index contributed by atoms with van der Waals surface area (Å²) in [6.45, 7) is 9.67. The highest BCUT2D eigenvalue weighted by Crippen LogP contribution is 2.32. The van der Waals surface area contributed by atoms with E-state index in [0.29, 0.717) is 30.8 Å². The molecule has 3 nitrogen and oxygen atoms in total. The van der Waals surface area contributed by atoms with Gasteiger partial charge in [0.2, 0.25) is 5.91 Å². The van der Waals surface area contributed by atoms with Gasteiger partial charge in [-0.1, -0.05) is 34.1 Å². The quantitative estimate of drug-likeness (QED) is 0.778. The Labute approximate surface area is 118 Å². The molecule has 3 N–H and O–H groups in total. The minimum Gasteiger partial charge on any atom is -0.353 e. The third-order valence-corrected chi connectivity index (χ3v) is 4.67. The Hall–Kier alpha value is -0.570. The lowest BCUT2D eigenvalue weighted by atomic mass is 9.76. The van der Waals surface area contributed by atoms with Crippen molar-refractivity contribution in [2.24, 2.45) is 23.0 Å². The molecule has 0 heterocycles. The Morgan fingerprint density at radius 3 is 2.47 bits per heavy atom. The van der Waals surface area contributed by atoms with E-state index in [1.807, 2.05) is 0 Å². The van der Waals surface area contributed by atoms with Crippen LogP contribution in [0.15, 0.2) is 0 Å².